The quantitative estimate of drug-likeness (QED) is 0.796. The highest BCUT2D eigenvalue weighted by molar-refractivity contribution is 5.95. The van der Waals surface area contributed by atoms with Crippen molar-refractivity contribution in [1.82, 2.24) is 9.80 Å². The molecule has 3 rings (SSSR count). The number of nitrogens with zero attached hydrogens (tertiary/aromatic N) is 2. The standard InChI is InChI=1S/C23H35N3O3/c1-4-17(2)20-7-5-6-8-21(20)24-22(27)18(3)25-11-9-19(10-12-25)23(28)26-13-15-29-16-14-26/h5-8,17-19H,4,9-16H2,1-3H3,(H,24,27). The van der Waals surface area contributed by atoms with Crippen LogP contribution in [-0.2, 0) is 14.3 Å². The summed E-state index contributed by atoms with van der Waals surface area (Å²) in [5.41, 5.74) is 2.10. The van der Waals surface area contributed by atoms with Gasteiger partial charge in [-0.05, 0) is 56.8 Å². The van der Waals surface area contributed by atoms with Crippen molar-refractivity contribution >= 4 is 17.5 Å². The van der Waals surface area contributed by atoms with Gasteiger partial charge >= 0.3 is 0 Å². The van der Waals surface area contributed by atoms with Crippen LogP contribution in [-0.4, -0.2) is 67.0 Å². The summed E-state index contributed by atoms with van der Waals surface area (Å²) in [5, 5.41) is 3.14. The molecule has 0 aliphatic carbocycles. The van der Waals surface area contributed by atoms with Gasteiger partial charge in [-0.15, -0.1) is 0 Å². The van der Waals surface area contributed by atoms with Gasteiger partial charge in [0.1, 0.15) is 0 Å². The summed E-state index contributed by atoms with van der Waals surface area (Å²) in [5.74, 6) is 0.765. The monoisotopic (exact) mass is 401 g/mol. The zero-order valence-electron chi connectivity index (χ0n) is 18.0. The second-order valence-electron chi connectivity index (χ2n) is 8.31. The number of amides is 2. The molecule has 6 nitrogen and oxygen atoms in total. The Morgan fingerprint density at radius 3 is 2.41 bits per heavy atom. The van der Waals surface area contributed by atoms with E-state index < -0.39 is 0 Å². The van der Waals surface area contributed by atoms with E-state index in [0.29, 0.717) is 32.2 Å². The van der Waals surface area contributed by atoms with Crippen molar-refractivity contribution in [1.29, 1.82) is 0 Å². The number of carbonyl (C=O) groups is 2. The number of morpholine rings is 1. The minimum atomic E-state index is -0.209. The van der Waals surface area contributed by atoms with Gasteiger partial charge in [-0.25, -0.2) is 0 Å². The first-order valence-corrected chi connectivity index (χ1v) is 11.0. The highest BCUT2D eigenvalue weighted by Gasteiger charge is 2.32. The number of anilines is 1. The van der Waals surface area contributed by atoms with Crippen LogP contribution in [0.4, 0.5) is 5.69 Å². The fraction of sp³-hybridized carbons (Fsp3) is 0.652. The Labute approximate surface area is 174 Å². The molecule has 2 aliphatic rings. The average molecular weight is 402 g/mol. The molecule has 0 aromatic heterocycles. The van der Waals surface area contributed by atoms with Crippen molar-refractivity contribution in [2.24, 2.45) is 5.92 Å². The van der Waals surface area contributed by atoms with Gasteiger partial charge in [0.25, 0.3) is 0 Å². The van der Waals surface area contributed by atoms with Crippen LogP contribution in [0.15, 0.2) is 24.3 Å². The Balaban J connectivity index is 1.53. The lowest BCUT2D eigenvalue weighted by Crippen LogP contribution is -2.50. The molecule has 0 radical (unpaired) electrons. The van der Waals surface area contributed by atoms with Crippen LogP contribution in [0.25, 0.3) is 0 Å². The smallest absolute Gasteiger partial charge is 0.241 e. The van der Waals surface area contributed by atoms with E-state index in [1.807, 2.05) is 30.0 Å². The lowest BCUT2D eigenvalue weighted by Gasteiger charge is -2.37. The van der Waals surface area contributed by atoms with Crippen LogP contribution >= 0.6 is 0 Å². The zero-order chi connectivity index (χ0) is 20.8. The van der Waals surface area contributed by atoms with Gasteiger partial charge in [-0.3, -0.25) is 14.5 Å². The Hall–Kier alpha value is -1.92. The molecule has 29 heavy (non-hydrogen) atoms. The van der Waals surface area contributed by atoms with Crippen LogP contribution in [0.2, 0.25) is 0 Å². The van der Waals surface area contributed by atoms with Crippen molar-refractivity contribution in [3.05, 3.63) is 29.8 Å². The summed E-state index contributed by atoms with van der Waals surface area (Å²) in [6.07, 6.45) is 2.67. The van der Waals surface area contributed by atoms with E-state index in [0.717, 1.165) is 38.0 Å². The molecule has 2 atom stereocenters. The summed E-state index contributed by atoms with van der Waals surface area (Å²) in [6.45, 7) is 10.6. The van der Waals surface area contributed by atoms with Crippen LogP contribution in [0.3, 0.4) is 0 Å². The molecule has 2 amide bonds. The highest BCUT2D eigenvalue weighted by atomic mass is 16.5. The zero-order valence-corrected chi connectivity index (χ0v) is 18.0. The molecule has 2 unspecified atom stereocenters. The van der Waals surface area contributed by atoms with E-state index in [1.54, 1.807) is 0 Å². The van der Waals surface area contributed by atoms with E-state index in [4.69, 9.17) is 4.74 Å². The topological polar surface area (TPSA) is 61.9 Å². The number of hydrogen-bond acceptors (Lipinski definition) is 4. The number of likely N-dealkylation sites (tertiary alicyclic amines) is 1. The van der Waals surface area contributed by atoms with Crippen LogP contribution < -0.4 is 5.32 Å². The highest BCUT2D eigenvalue weighted by Crippen LogP contribution is 2.27. The Bertz CT molecular complexity index is 694. The SMILES string of the molecule is CCC(C)c1ccccc1NC(=O)C(C)N1CCC(C(=O)N2CCOCC2)CC1. The first kappa shape index (κ1) is 21.8. The molecular weight excluding hydrogens is 366 g/mol. The summed E-state index contributed by atoms with van der Waals surface area (Å²) in [4.78, 5) is 29.7. The van der Waals surface area contributed by atoms with E-state index in [1.165, 1.54) is 5.56 Å². The fourth-order valence-electron chi connectivity index (χ4n) is 4.24. The average Bonchev–Trinajstić information content (AvgIpc) is 2.78. The van der Waals surface area contributed by atoms with E-state index in [2.05, 4.69) is 30.1 Å². The number of piperidine rings is 1. The maximum atomic E-state index is 12.9. The molecule has 1 aromatic rings. The summed E-state index contributed by atoms with van der Waals surface area (Å²) in [7, 11) is 0. The molecule has 1 aromatic carbocycles. The van der Waals surface area contributed by atoms with Gasteiger partial charge in [-0.2, -0.15) is 0 Å². The molecule has 2 aliphatic heterocycles. The Kier molecular flexibility index (Phi) is 7.67. The number of hydrogen-bond donors (Lipinski definition) is 1. The summed E-state index contributed by atoms with van der Waals surface area (Å²) in [6, 6.07) is 7.86. The largest absolute Gasteiger partial charge is 0.378 e. The molecule has 0 spiro atoms. The van der Waals surface area contributed by atoms with Gasteiger partial charge in [0.15, 0.2) is 0 Å². The summed E-state index contributed by atoms with van der Waals surface area (Å²) >= 11 is 0. The Morgan fingerprint density at radius 2 is 1.76 bits per heavy atom. The molecular formula is C23H35N3O3. The van der Waals surface area contributed by atoms with Crippen molar-refractivity contribution in [3.8, 4) is 0 Å². The predicted molar refractivity (Wildman–Crippen MR) is 115 cm³/mol. The molecule has 2 heterocycles. The third kappa shape index (κ3) is 5.37. The second kappa shape index (κ2) is 10.2. The normalized spacial score (nSPS) is 20.9. The lowest BCUT2D eigenvalue weighted by molar-refractivity contribution is -0.141. The predicted octanol–water partition coefficient (Wildman–Crippen LogP) is 3.10. The van der Waals surface area contributed by atoms with Crippen LogP contribution in [0, 0.1) is 5.92 Å². The van der Waals surface area contributed by atoms with Crippen molar-refractivity contribution < 1.29 is 14.3 Å². The van der Waals surface area contributed by atoms with E-state index in [9.17, 15) is 9.59 Å². The minimum Gasteiger partial charge on any atom is -0.378 e. The van der Waals surface area contributed by atoms with Crippen molar-refractivity contribution in [2.45, 2.75) is 52.0 Å². The summed E-state index contributed by atoms with van der Waals surface area (Å²) < 4.78 is 5.34. The number of benzene rings is 1. The molecule has 6 heteroatoms. The number of rotatable bonds is 6. The first-order valence-electron chi connectivity index (χ1n) is 11.0. The van der Waals surface area contributed by atoms with Gasteiger partial charge in [0.05, 0.1) is 19.3 Å². The molecule has 2 saturated heterocycles. The number of carbonyl (C=O) groups excluding carboxylic acids is 2. The minimum absolute atomic E-state index is 0.0266. The van der Waals surface area contributed by atoms with Gasteiger partial charge in [-0.1, -0.05) is 32.0 Å². The number of ether oxygens (including phenoxy) is 1. The van der Waals surface area contributed by atoms with Gasteiger partial charge < -0.3 is 15.0 Å². The third-order valence-corrected chi connectivity index (χ3v) is 6.49. The van der Waals surface area contributed by atoms with Crippen molar-refractivity contribution in [2.75, 3.05) is 44.7 Å². The van der Waals surface area contributed by atoms with E-state index in [-0.39, 0.29) is 23.8 Å². The van der Waals surface area contributed by atoms with Crippen LogP contribution in [0.1, 0.15) is 51.5 Å². The van der Waals surface area contributed by atoms with E-state index >= 15 is 0 Å². The maximum Gasteiger partial charge on any atom is 0.241 e. The number of nitrogens with one attached hydrogen (secondary N) is 1. The molecule has 0 bridgehead atoms. The maximum absolute atomic E-state index is 12.9. The van der Waals surface area contributed by atoms with Gasteiger partial charge in [0.2, 0.25) is 11.8 Å². The molecule has 0 saturated carbocycles. The van der Waals surface area contributed by atoms with Crippen LogP contribution in [0.5, 0.6) is 0 Å². The Morgan fingerprint density at radius 1 is 1.10 bits per heavy atom. The molecule has 160 valence electrons. The molecule has 2 fully saturated rings. The first-order chi connectivity index (χ1) is 14.0. The second-order valence-corrected chi connectivity index (χ2v) is 8.31. The fourth-order valence-corrected chi connectivity index (χ4v) is 4.24. The third-order valence-electron chi connectivity index (χ3n) is 6.49. The lowest BCUT2D eigenvalue weighted by atomic mass is 9.94. The number of para-hydroxylation sites is 1. The van der Waals surface area contributed by atoms with Crippen molar-refractivity contribution in [3.63, 3.8) is 0 Å². The molecule has 1 N–H and O–H groups in total. The van der Waals surface area contributed by atoms with Gasteiger partial charge in [0, 0.05) is 24.7 Å².